The fourth-order valence-corrected chi connectivity index (χ4v) is 8.20. The molecule has 3 heteroatoms. The molecule has 0 aromatic rings. The molecule has 0 aromatic carbocycles. The molecule has 2 bridgehead atoms. The van der Waals surface area contributed by atoms with E-state index in [0.717, 1.165) is 18.3 Å². The second-order valence-electron chi connectivity index (χ2n) is 10.3. The van der Waals surface area contributed by atoms with E-state index < -0.39 is 0 Å². The van der Waals surface area contributed by atoms with Gasteiger partial charge in [0, 0.05) is 12.3 Å². The number of ether oxygens (including phenoxy) is 1. The van der Waals surface area contributed by atoms with E-state index in [9.17, 15) is 9.59 Å². The minimum atomic E-state index is -0.139. The van der Waals surface area contributed by atoms with E-state index in [2.05, 4.69) is 13.8 Å². The third-order valence-electron chi connectivity index (χ3n) is 9.09. The number of carbonyl (C=O) groups excluding carboxylic acids is 2. The van der Waals surface area contributed by atoms with Crippen molar-refractivity contribution in [3.63, 3.8) is 0 Å². The van der Waals surface area contributed by atoms with E-state index >= 15 is 0 Å². The van der Waals surface area contributed by atoms with Crippen molar-refractivity contribution in [1.29, 1.82) is 0 Å². The van der Waals surface area contributed by atoms with Crippen molar-refractivity contribution in [2.45, 2.75) is 78.6 Å². The second-order valence-corrected chi connectivity index (χ2v) is 10.3. The maximum Gasteiger partial charge on any atom is 0.302 e. The minimum Gasteiger partial charge on any atom is -0.466 e. The van der Waals surface area contributed by atoms with Crippen LogP contribution in [0.1, 0.15) is 78.6 Å². The topological polar surface area (TPSA) is 43.4 Å². The van der Waals surface area contributed by atoms with Crippen molar-refractivity contribution in [2.24, 2.45) is 39.9 Å². The molecule has 7 atom stereocenters. The molecular formula is C22H34O3. The first-order valence-corrected chi connectivity index (χ1v) is 10.4. The van der Waals surface area contributed by atoms with Gasteiger partial charge in [-0.15, -0.1) is 0 Å². The Hall–Kier alpha value is -0.860. The van der Waals surface area contributed by atoms with Gasteiger partial charge in [-0.1, -0.05) is 20.3 Å². The Morgan fingerprint density at radius 2 is 1.88 bits per heavy atom. The maximum atomic E-state index is 11.9. The van der Waals surface area contributed by atoms with E-state index in [1.165, 1.54) is 64.6 Å². The Morgan fingerprint density at radius 1 is 1.08 bits per heavy atom. The first-order valence-electron chi connectivity index (χ1n) is 10.4. The lowest BCUT2D eigenvalue weighted by molar-refractivity contribution is -0.157. The van der Waals surface area contributed by atoms with Crippen LogP contribution in [0.4, 0.5) is 0 Å². The molecule has 0 aliphatic heterocycles. The van der Waals surface area contributed by atoms with Crippen molar-refractivity contribution >= 4 is 12.3 Å². The summed E-state index contributed by atoms with van der Waals surface area (Å²) in [4.78, 5) is 23.2. The predicted octanol–water partition coefficient (Wildman–Crippen LogP) is 4.78. The molecule has 4 aliphatic rings. The van der Waals surface area contributed by atoms with E-state index in [-0.39, 0.29) is 11.4 Å². The van der Waals surface area contributed by atoms with Crippen molar-refractivity contribution in [3.05, 3.63) is 0 Å². The summed E-state index contributed by atoms with van der Waals surface area (Å²) in [6.45, 7) is 6.89. The van der Waals surface area contributed by atoms with Crippen LogP contribution in [0, 0.1) is 39.9 Å². The molecule has 0 unspecified atom stereocenters. The van der Waals surface area contributed by atoms with Gasteiger partial charge >= 0.3 is 5.97 Å². The zero-order valence-corrected chi connectivity index (χ0v) is 16.2. The Balaban J connectivity index is 1.60. The summed E-state index contributed by atoms with van der Waals surface area (Å²) < 4.78 is 5.41. The standard InChI is InChI=1S/C22H34O3/c1-15(24)25-13-17-12-22-10-7-18-20(2,14-23)8-4-9-21(18,3)19(22)6-5-16(17)11-22/h14,16-19H,4-13H2,1-3H3/t16-,17+,18-,19+,20+,21-,22+/m1/s1. The quantitative estimate of drug-likeness (QED) is 0.546. The maximum absolute atomic E-state index is 11.9. The SMILES string of the molecule is CC(=O)OC[C@@H]1C[C@@]23CC[C@H]4[C@@](C)(CCC[C@@]4(C)C=O)[C@@H]2CC[C@@H]1C3. The number of carbonyl (C=O) groups is 2. The van der Waals surface area contributed by atoms with Gasteiger partial charge in [-0.25, -0.2) is 0 Å². The van der Waals surface area contributed by atoms with Gasteiger partial charge in [-0.2, -0.15) is 0 Å². The molecular weight excluding hydrogens is 312 g/mol. The normalized spacial score (nSPS) is 51.3. The van der Waals surface area contributed by atoms with Crippen LogP contribution in [-0.2, 0) is 14.3 Å². The summed E-state index contributed by atoms with van der Waals surface area (Å²) in [7, 11) is 0. The molecule has 4 aliphatic carbocycles. The highest BCUT2D eigenvalue weighted by Crippen LogP contribution is 2.72. The van der Waals surface area contributed by atoms with Crippen LogP contribution in [0.5, 0.6) is 0 Å². The Kier molecular flexibility index (Phi) is 4.09. The lowest BCUT2D eigenvalue weighted by Crippen LogP contribution is -2.56. The summed E-state index contributed by atoms with van der Waals surface area (Å²) >= 11 is 0. The van der Waals surface area contributed by atoms with Crippen LogP contribution >= 0.6 is 0 Å². The summed E-state index contributed by atoms with van der Waals surface area (Å²) in [5, 5.41) is 0. The molecule has 4 rings (SSSR count). The molecule has 25 heavy (non-hydrogen) atoms. The highest BCUT2D eigenvalue weighted by molar-refractivity contribution is 5.65. The Morgan fingerprint density at radius 3 is 2.60 bits per heavy atom. The fourth-order valence-electron chi connectivity index (χ4n) is 8.20. The highest BCUT2D eigenvalue weighted by Gasteiger charge is 2.64. The van der Waals surface area contributed by atoms with Gasteiger partial charge in [-0.05, 0) is 85.9 Å². The molecule has 0 radical (unpaired) electrons. The van der Waals surface area contributed by atoms with Crippen LogP contribution in [0.25, 0.3) is 0 Å². The van der Waals surface area contributed by atoms with Crippen LogP contribution in [0.2, 0.25) is 0 Å². The number of esters is 1. The van der Waals surface area contributed by atoms with E-state index in [0.29, 0.717) is 29.3 Å². The number of rotatable bonds is 3. The van der Waals surface area contributed by atoms with Crippen molar-refractivity contribution < 1.29 is 14.3 Å². The molecule has 0 N–H and O–H groups in total. The van der Waals surface area contributed by atoms with Gasteiger partial charge in [0.1, 0.15) is 6.29 Å². The number of hydrogen-bond acceptors (Lipinski definition) is 3. The zero-order chi connectivity index (χ0) is 17.9. The van der Waals surface area contributed by atoms with Crippen molar-refractivity contribution in [2.75, 3.05) is 6.61 Å². The molecule has 0 heterocycles. The van der Waals surface area contributed by atoms with Crippen LogP contribution in [-0.4, -0.2) is 18.9 Å². The van der Waals surface area contributed by atoms with Crippen molar-refractivity contribution in [1.82, 2.24) is 0 Å². The minimum absolute atomic E-state index is 0.110. The third-order valence-corrected chi connectivity index (χ3v) is 9.09. The first-order chi connectivity index (χ1) is 11.8. The molecule has 4 saturated carbocycles. The number of fused-ring (bicyclic) bond motifs is 3. The summed E-state index contributed by atoms with van der Waals surface area (Å²) in [6.07, 6.45) is 12.6. The zero-order valence-electron chi connectivity index (χ0n) is 16.2. The lowest BCUT2D eigenvalue weighted by atomic mass is 9.41. The molecule has 0 aromatic heterocycles. The Bertz CT molecular complexity index is 572. The average Bonchev–Trinajstić information content (AvgIpc) is 2.83. The molecule has 4 fully saturated rings. The van der Waals surface area contributed by atoms with Gasteiger partial charge in [0.15, 0.2) is 0 Å². The van der Waals surface area contributed by atoms with Crippen LogP contribution in [0.15, 0.2) is 0 Å². The average molecular weight is 347 g/mol. The molecule has 0 amide bonds. The lowest BCUT2D eigenvalue weighted by Gasteiger charge is -2.63. The smallest absolute Gasteiger partial charge is 0.302 e. The number of hydrogen-bond donors (Lipinski definition) is 0. The van der Waals surface area contributed by atoms with Gasteiger partial charge in [0.25, 0.3) is 0 Å². The molecule has 140 valence electrons. The highest BCUT2D eigenvalue weighted by atomic mass is 16.5. The summed E-state index contributed by atoms with van der Waals surface area (Å²) in [5.74, 6) is 2.50. The predicted molar refractivity (Wildman–Crippen MR) is 96.9 cm³/mol. The van der Waals surface area contributed by atoms with Gasteiger partial charge in [0.05, 0.1) is 6.61 Å². The molecule has 1 spiro atoms. The van der Waals surface area contributed by atoms with E-state index in [4.69, 9.17) is 4.74 Å². The van der Waals surface area contributed by atoms with E-state index in [1.807, 2.05) is 0 Å². The monoisotopic (exact) mass is 346 g/mol. The van der Waals surface area contributed by atoms with Crippen LogP contribution in [0.3, 0.4) is 0 Å². The van der Waals surface area contributed by atoms with Gasteiger partial charge in [-0.3, -0.25) is 4.79 Å². The van der Waals surface area contributed by atoms with Crippen LogP contribution < -0.4 is 0 Å². The third kappa shape index (κ3) is 2.51. The second kappa shape index (κ2) is 5.82. The van der Waals surface area contributed by atoms with Crippen molar-refractivity contribution in [3.8, 4) is 0 Å². The first kappa shape index (κ1) is 17.5. The molecule has 0 saturated heterocycles. The van der Waals surface area contributed by atoms with Gasteiger partial charge < -0.3 is 9.53 Å². The largest absolute Gasteiger partial charge is 0.466 e. The molecule has 3 nitrogen and oxygen atoms in total. The number of aldehydes is 1. The van der Waals surface area contributed by atoms with Gasteiger partial charge in [0.2, 0.25) is 0 Å². The fraction of sp³-hybridized carbons (Fsp3) is 0.909. The Labute approximate surface area is 152 Å². The summed E-state index contributed by atoms with van der Waals surface area (Å²) in [6, 6.07) is 0. The summed E-state index contributed by atoms with van der Waals surface area (Å²) in [5.41, 5.74) is 0.675. The van der Waals surface area contributed by atoms with E-state index in [1.54, 1.807) is 0 Å².